The molecule has 0 fully saturated rings. The van der Waals surface area contributed by atoms with Crippen LogP contribution < -0.4 is 0 Å². The van der Waals surface area contributed by atoms with E-state index in [4.69, 9.17) is 4.74 Å². The molecule has 0 saturated carbocycles. The SMILES string of the molecule is COC(=O)c1cc(Br)ccc1-c1cccc(C)c1F. The number of carbonyl (C=O) groups is 1. The van der Waals surface area contributed by atoms with Gasteiger partial charge in [0.05, 0.1) is 12.7 Å². The molecular formula is C15H12BrFO2. The summed E-state index contributed by atoms with van der Waals surface area (Å²) in [7, 11) is 1.31. The topological polar surface area (TPSA) is 26.3 Å². The Kier molecular flexibility index (Phi) is 4.00. The van der Waals surface area contributed by atoms with Crippen LogP contribution in [0.15, 0.2) is 40.9 Å². The standard InChI is InChI=1S/C15H12BrFO2/c1-9-4-3-5-12(14(9)17)11-7-6-10(16)8-13(11)15(18)19-2/h3-8H,1-2H3. The number of halogens is 2. The molecule has 0 bridgehead atoms. The quantitative estimate of drug-likeness (QED) is 0.768. The summed E-state index contributed by atoms with van der Waals surface area (Å²) in [6.45, 7) is 1.69. The minimum atomic E-state index is -0.489. The van der Waals surface area contributed by atoms with Crippen molar-refractivity contribution in [3.8, 4) is 11.1 Å². The molecule has 4 heteroatoms. The number of aryl methyl sites for hydroxylation is 1. The fraction of sp³-hybridized carbons (Fsp3) is 0.133. The Labute approximate surface area is 119 Å². The van der Waals surface area contributed by atoms with Gasteiger partial charge in [-0.15, -0.1) is 0 Å². The highest BCUT2D eigenvalue weighted by molar-refractivity contribution is 9.10. The number of methoxy groups -OCH3 is 1. The van der Waals surface area contributed by atoms with Gasteiger partial charge in [-0.25, -0.2) is 9.18 Å². The molecule has 0 aromatic heterocycles. The summed E-state index contributed by atoms with van der Waals surface area (Å²) in [5, 5.41) is 0. The van der Waals surface area contributed by atoms with E-state index >= 15 is 0 Å². The van der Waals surface area contributed by atoms with Crippen molar-refractivity contribution in [2.24, 2.45) is 0 Å². The fourth-order valence-electron chi connectivity index (χ4n) is 1.89. The predicted octanol–water partition coefficient (Wildman–Crippen LogP) is 4.35. The van der Waals surface area contributed by atoms with Crippen LogP contribution in [0.3, 0.4) is 0 Å². The van der Waals surface area contributed by atoms with Crippen LogP contribution in [-0.4, -0.2) is 13.1 Å². The summed E-state index contributed by atoms with van der Waals surface area (Å²) in [6, 6.07) is 10.2. The number of hydrogen-bond acceptors (Lipinski definition) is 2. The van der Waals surface area contributed by atoms with Crippen LogP contribution in [0.4, 0.5) is 4.39 Å². The Morgan fingerprint density at radius 1 is 1.21 bits per heavy atom. The van der Waals surface area contributed by atoms with E-state index in [0.717, 1.165) is 4.47 Å². The van der Waals surface area contributed by atoms with Crippen molar-refractivity contribution in [1.82, 2.24) is 0 Å². The monoisotopic (exact) mass is 322 g/mol. The molecule has 2 aromatic rings. The van der Waals surface area contributed by atoms with Gasteiger partial charge in [0.15, 0.2) is 0 Å². The number of ether oxygens (including phenoxy) is 1. The summed E-state index contributed by atoms with van der Waals surface area (Å²) in [6.07, 6.45) is 0. The Morgan fingerprint density at radius 3 is 2.63 bits per heavy atom. The first-order valence-corrected chi connectivity index (χ1v) is 6.47. The van der Waals surface area contributed by atoms with Crippen molar-refractivity contribution >= 4 is 21.9 Å². The molecule has 2 nitrogen and oxygen atoms in total. The molecular weight excluding hydrogens is 311 g/mol. The van der Waals surface area contributed by atoms with Crippen LogP contribution in [0.1, 0.15) is 15.9 Å². The third-order valence-corrected chi connectivity index (χ3v) is 3.36. The highest BCUT2D eigenvalue weighted by Crippen LogP contribution is 2.30. The molecule has 0 amide bonds. The number of esters is 1. The molecule has 0 aliphatic rings. The average molecular weight is 323 g/mol. The van der Waals surface area contributed by atoms with Crippen LogP contribution in [0.2, 0.25) is 0 Å². The average Bonchev–Trinajstić information content (AvgIpc) is 2.41. The third kappa shape index (κ3) is 2.68. The van der Waals surface area contributed by atoms with Crippen molar-refractivity contribution in [2.75, 3.05) is 7.11 Å². The van der Waals surface area contributed by atoms with Gasteiger partial charge in [-0.1, -0.05) is 40.2 Å². The summed E-state index contributed by atoms with van der Waals surface area (Å²) in [5.74, 6) is -0.813. The van der Waals surface area contributed by atoms with Crippen LogP contribution in [0.25, 0.3) is 11.1 Å². The van der Waals surface area contributed by atoms with Gasteiger partial charge in [0.1, 0.15) is 5.82 Å². The molecule has 0 aliphatic heterocycles. The lowest BCUT2D eigenvalue weighted by atomic mass is 9.97. The lowest BCUT2D eigenvalue weighted by Crippen LogP contribution is -2.04. The Balaban J connectivity index is 2.68. The zero-order chi connectivity index (χ0) is 14.0. The second kappa shape index (κ2) is 5.53. The first-order valence-electron chi connectivity index (χ1n) is 5.68. The predicted molar refractivity (Wildman–Crippen MR) is 75.6 cm³/mol. The largest absolute Gasteiger partial charge is 0.465 e. The van der Waals surface area contributed by atoms with Gasteiger partial charge in [-0.05, 0) is 30.2 Å². The Bertz CT molecular complexity index is 638. The van der Waals surface area contributed by atoms with E-state index in [0.29, 0.717) is 22.3 Å². The van der Waals surface area contributed by atoms with Crippen molar-refractivity contribution in [1.29, 1.82) is 0 Å². The number of carbonyl (C=O) groups excluding carboxylic acids is 1. The first-order chi connectivity index (χ1) is 9.04. The number of rotatable bonds is 2. The third-order valence-electron chi connectivity index (χ3n) is 2.87. The molecule has 0 aliphatic carbocycles. The lowest BCUT2D eigenvalue weighted by molar-refractivity contribution is 0.0601. The van der Waals surface area contributed by atoms with Crippen molar-refractivity contribution < 1.29 is 13.9 Å². The van der Waals surface area contributed by atoms with E-state index in [1.807, 2.05) is 0 Å². The molecule has 0 N–H and O–H groups in total. The van der Waals surface area contributed by atoms with Gasteiger partial charge in [0.2, 0.25) is 0 Å². The molecule has 0 atom stereocenters. The van der Waals surface area contributed by atoms with E-state index in [9.17, 15) is 9.18 Å². The van der Waals surface area contributed by atoms with E-state index < -0.39 is 5.97 Å². The summed E-state index contributed by atoms with van der Waals surface area (Å²) in [4.78, 5) is 11.8. The molecule has 0 spiro atoms. The summed E-state index contributed by atoms with van der Waals surface area (Å²) < 4.78 is 19.7. The normalized spacial score (nSPS) is 10.3. The molecule has 0 heterocycles. The minimum absolute atomic E-state index is 0.324. The minimum Gasteiger partial charge on any atom is -0.465 e. The smallest absolute Gasteiger partial charge is 0.338 e. The van der Waals surface area contributed by atoms with E-state index in [1.54, 1.807) is 43.3 Å². The fourth-order valence-corrected chi connectivity index (χ4v) is 2.25. The Morgan fingerprint density at radius 2 is 1.95 bits per heavy atom. The highest BCUT2D eigenvalue weighted by atomic mass is 79.9. The molecule has 2 aromatic carbocycles. The summed E-state index contributed by atoms with van der Waals surface area (Å²) in [5.41, 5.74) is 1.79. The summed E-state index contributed by atoms with van der Waals surface area (Å²) >= 11 is 3.30. The number of hydrogen-bond donors (Lipinski definition) is 0. The molecule has 0 unspecified atom stereocenters. The maximum atomic E-state index is 14.2. The van der Waals surface area contributed by atoms with Crippen LogP contribution in [0.5, 0.6) is 0 Å². The molecule has 19 heavy (non-hydrogen) atoms. The maximum absolute atomic E-state index is 14.2. The Hall–Kier alpha value is -1.68. The van der Waals surface area contributed by atoms with Crippen molar-refractivity contribution in [3.05, 3.63) is 57.8 Å². The van der Waals surface area contributed by atoms with Gasteiger partial charge in [-0.3, -0.25) is 0 Å². The lowest BCUT2D eigenvalue weighted by Gasteiger charge is -2.10. The van der Waals surface area contributed by atoms with E-state index in [2.05, 4.69) is 15.9 Å². The molecule has 0 saturated heterocycles. The van der Waals surface area contributed by atoms with Gasteiger partial charge >= 0.3 is 5.97 Å². The van der Waals surface area contributed by atoms with Crippen LogP contribution in [-0.2, 0) is 4.74 Å². The number of benzene rings is 2. The van der Waals surface area contributed by atoms with Gasteiger partial charge in [-0.2, -0.15) is 0 Å². The molecule has 0 radical (unpaired) electrons. The van der Waals surface area contributed by atoms with Crippen molar-refractivity contribution in [3.63, 3.8) is 0 Å². The molecule has 2 rings (SSSR count). The van der Waals surface area contributed by atoms with Crippen LogP contribution in [0, 0.1) is 12.7 Å². The van der Waals surface area contributed by atoms with Gasteiger partial charge in [0, 0.05) is 10.0 Å². The first kappa shape index (κ1) is 13.7. The maximum Gasteiger partial charge on any atom is 0.338 e. The highest BCUT2D eigenvalue weighted by Gasteiger charge is 2.17. The van der Waals surface area contributed by atoms with Gasteiger partial charge in [0.25, 0.3) is 0 Å². The van der Waals surface area contributed by atoms with Gasteiger partial charge < -0.3 is 4.74 Å². The van der Waals surface area contributed by atoms with E-state index in [1.165, 1.54) is 7.11 Å². The zero-order valence-corrected chi connectivity index (χ0v) is 12.1. The van der Waals surface area contributed by atoms with Crippen molar-refractivity contribution in [2.45, 2.75) is 6.92 Å². The zero-order valence-electron chi connectivity index (χ0n) is 10.5. The second-order valence-corrected chi connectivity index (χ2v) is 5.03. The van der Waals surface area contributed by atoms with E-state index in [-0.39, 0.29) is 5.82 Å². The van der Waals surface area contributed by atoms with Crippen LogP contribution >= 0.6 is 15.9 Å². The molecule has 98 valence electrons. The second-order valence-electron chi connectivity index (χ2n) is 4.12.